The molecule has 2 amide bonds. The van der Waals surface area contributed by atoms with Crippen LogP contribution in [0.4, 0.5) is 10.1 Å². The van der Waals surface area contributed by atoms with E-state index in [4.69, 9.17) is 0 Å². The molecule has 1 aliphatic rings. The van der Waals surface area contributed by atoms with Crippen LogP contribution in [0, 0.1) is 17.7 Å². The predicted molar refractivity (Wildman–Crippen MR) is 113 cm³/mol. The zero-order chi connectivity index (χ0) is 20.8. The van der Waals surface area contributed by atoms with E-state index in [0.29, 0.717) is 37.2 Å². The monoisotopic (exact) mass is 396 g/mol. The Kier molecular flexibility index (Phi) is 7.02. The molecule has 0 heterocycles. The summed E-state index contributed by atoms with van der Waals surface area (Å²) in [6, 6.07) is 14.3. The molecule has 0 bridgehead atoms. The third-order valence-corrected chi connectivity index (χ3v) is 5.72. The highest BCUT2D eigenvalue weighted by atomic mass is 19.1. The number of benzene rings is 2. The molecule has 0 unspecified atom stereocenters. The number of amides is 2. The number of anilines is 1. The van der Waals surface area contributed by atoms with Crippen LogP contribution in [0.1, 0.15) is 56.6 Å². The molecule has 2 N–H and O–H groups in total. The summed E-state index contributed by atoms with van der Waals surface area (Å²) in [4.78, 5) is 25.1. The number of carbonyl (C=O) groups excluding carboxylic acids is 2. The number of nitrogens with one attached hydrogen (secondary N) is 2. The number of para-hydroxylation sites is 1. The maximum atomic E-state index is 13.7. The lowest BCUT2D eigenvalue weighted by molar-refractivity contribution is -0.128. The van der Waals surface area contributed by atoms with Gasteiger partial charge >= 0.3 is 0 Å². The van der Waals surface area contributed by atoms with Gasteiger partial charge in [0, 0.05) is 29.6 Å². The van der Waals surface area contributed by atoms with Gasteiger partial charge in [0.25, 0.3) is 0 Å². The Morgan fingerprint density at radius 3 is 2.17 bits per heavy atom. The zero-order valence-corrected chi connectivity index (χ0v) is 17.1. The molecule has 1 saturated carbocycles. The van der Waals surface area contributed by atoms with Crippen LogP contribution in [0.25, 0.3) is 0 Å². The van der Waals surface area contributed by atoms with Crippen molar-refractivity contribution in [3.8, 4) is 0 Å². The van der Waals surface area contributed by atoms with Gasteiger partial charge in [0.2, 0.25) is 11.8 Å². The molecular weight excluding hydrogens is 367 g/mol. The van der Waals surface area contributed by atoms with E-state index in [1.54, 1.807) is 18.2 Å². The molecule has 1 aliphatic carbocycles. The van der Waals surface area contributed by atoms with Crippen LogP contribution in [-0.2, 0) is 16.1 Å². The molecule has 0 radical (unpaired) electrons. The molecule has 2 aromatic rings. The van der Waals surface area contributed by atoms with Crippen LogP contribution in [0.2, 0.25) is 0 Å². The minimum absolute atomic E-state index is 0.0308. The largest absolute Gasteiger partial charge is 0.352 e. The first-order valence-corrected chi connectivity index (χ1v) is 10.4. The molecule has 154 valence electrons. The molecule has 29 heavy (non-hydrogen) atoms. The average Bonchev–Trinajstić information content (AvgIpc) is 2.73. The van der Waals surface area contributed by atoms with Gasteiger partial charge in [-0.05, 0) is 49.3 Å². The van der Waals surface area contributed by atoms with E-state index in [9.17, 15) is 14.0 Å². The summed E-state index contributed by atoms with van der Waals surface area (Å²) in [7, 11) is 0. The van der Waals surface area contributed by atoms with Crippen molar-refractivity contribution in [3.05, 3.63) is 65.5 Å². The summed E-state index contributed by atoms with van der Waals surface area (Å²) in [5, 5.41) is 5.91. The van der Waals surface area contributed by atoms with Crippen LogP contribution >= 0.6 is 0 Å². The normalized spacial score (nSPS) is 19.0. The van der Waals surface area contributed by atoms with E-state index in [1.807, 2.05) is 24.3 Å². The Bertz CT molecular complexity index is 857. The Morgan fingerprint density at radius 2 is 1.52 bits per heavy atom. The van der Waals surface area contributed by atoms with Crippen LogP contribution < -0.4 is 10.6 Å². The molecule has 0 spiro atoms. The summed E-state index contributed by atoms with van der Waals surface area (Å²) in [5.74, 6) is -0.199. The highest BCUT2D eigenvalue weighted by Gasteiger charge is 2.30. The molecule has 3 rings (SSSR count). The number of hydrogen-bond donors (Lipinski definition) is 2. The predicted octanol–water partition coefficient (Wildman–Crippen LogP) is 5.01. The smallest absolute Gasteiger partial charge is 0.227 e. The summed E-state index contributed by atoms with van der Waals surface area (Å²) in [6.07, 6.45) is 2.72. The van der Waals surface area contributed by atoms with Crippen molar-refractivity contribution in [1.82, 2.24) is 5.32 Å². The number of rotatable bonds is 6. The van der Waals surface area contributed by atoms with Gasteiger partial charge in [0.05, 0.1) is 0 Å². The van der Waals surface area contributed by atoms with Crippen molar-refractivity contribution < 1.29 is 14.0 Å². The Labute approximate surface area is 171 Å². The van der Waals surface area contributed by atoms with Crippen molar-refractivity contribution in [3.63, 3.8) is 0 Å². The minimum atomic E-state index is -0.310. The molecule has 2 aromatic carbocycles. The number of halogens is 1. The van der Waals surface area contributed by atoms with Crippen LogP contribution in [0.3, 0.4) is 0 Å². The molecular formula is C24H29FN2O2. The Balaban J connectivity index is 1.49. The third-order valence-electron chi connectivity index (χ3n) is 5.72. The fraction of sp³-hybridized carbons (Fsp3) is 0.417. The van der Waals surface area contributed by atoms with E-state index in [0.717, 1.165) is 11.3 Å². The van der Waals surface area contributed by atoms with Crippen molar-refractivity contribution in [2.75, 3.05) is 5.32 Å². The zero-order valence-electron chi connectivity index (χ0n) is 17.1. The van der Waals surface area contributed by atoms with E-state index >= 15 is 0 Å². The standard InChI is InChI=1S/C24H29FN2O2/c1-16(2)20-8-4-6-10-22(20)27-24(29)18-13-11-17(12-14-18)23(28)26-15-19-7-3-5-9-21(19)25/h3-10,16-18H,11-15H2,1-2H3,(H,26,28)(H,27,29). The van der Waals surface area contributed by atoms with Gasteiger partial charge in [-0.25, -0.2) is 4.39 Å². The summed E-state index contributed by atoms with van der Waals surface area (Å²) >= 11 is 0. The first-order chi connectivity index (χ1) is 14.0. The highest BCUT2D eigenvalue weighted by Crippen LogP contribution is 2.31. The van der Waals surface area contributed by atoms with Crippen molar-refractivity contribution in [1.29, 1.82) is 0 Å². The highest BCUT2D eigenvalue weighted by molar-refractivity contribution is 5.93. The van der Waals surface area contributed by atoms with Gasteiger partial charge in [0.15, 0.2) is 0 Å². The van der Waals surface area contributed by atoms with Gasteiger partial charge < -0.3 is 10.6 Å². The van der Waals surface area contributed by atoms with Gasteiger partial charge in [-0.2, -0.15) is 0 Å². The van der Waals surface area contributed by atoms with Gasteiger partial charge in [-0.15, -0.1) is 0 Å². The second-order valence-corrected chi connectivity index (χ2v) is 8.09. The molecule has 5 heteroatoms. The second-order valence-electron chi connectivity index (χ2n) is 8.09. The number of carbonyl (C=O) groups is 2. The van der Waals surface area contributed by atoms with E-state index in [1.165, 1.54) is 6.07 Å². The minimum Gasteiger partial charge on any atom is -0.352 e. The van der Waals surface area contributed by atoms with Crippen LogP contribution in [-0.4, -0.2) is 11.8 Å². The quantitative estimate of drug-likeness (QED) is 0.721. The number of hydrogen-bond acceptors (Lipinski definition) is 2. The van der Waals surface area contributed by atoms with Crippen molar-refractivity contribution in [2.45, 2.75) is 52.0 Å². The Hall–Kier alpha value is -2.69. The molecule has 4 nitrogen and oxygen atoms in total. The molecule has 0 aliphatic heterocycles. The second kappa shape index (κ2) is 9.68. The van der Waals surface area contributed by atoms with E-state index in [2.05, 4.69) is 24.5 Å². The van der Waals surface area contributed by atoms with Crippen LogP contribution in [0.5, 0.6) is 0 Å². The van der Waals surface area contributed by atoms with E-state index in [-0.39, 0.29) is 36.0 Å². The lowest BCUT2D eigenvalue weighted by atomic mass is 9.81. The lowest BCUT2D eigenvalue weighted by Gasteiger charge is -2.27. The third kappa shape index (κ3) is 5.43. The molecule has 0 aromatic heterocycles. The molecule has 0 atom stereocenters. The average molecular weight is 397 g/mol. The van der Waals surface area contributed by atoms with Gasteiger partial charge in [-0.1, -0.05) is 50.2 Å². The fourth-order valence-corrected chi connectivity index (χ4v) is 3.94. The molecule has 1 fully saturated rings. The van der Waals surface area contributed by atoms with Gasteiger partial charge in [-0.3, -0.25) is 9.59 Å². The Morgan fingerprint density at radius 1 is 0.931 bits per heavy atom. The SMILES string of the molecule is CC(C)c1ccccc1NC(=O)C1CCC(C(=O)NCc2ccccc2F)CC1. The van der Waals surface area contributed by atoms with Crippen molar-refractivity contribution in [2.24, 2.45) is 11.8 Å². The summed E-state index contributed by atoms with van der Waals surface area (Å²) in [5.41, 5.74) is 2.48. The maximum Gasteiger partial charge on any atom is 0.227 e. The fourth-order valence-electron chi connectivity index (χ4n) is 3.94. The first kappa shape index (κ1) is 21.0. The van der Waals surface area contributed by atoms with E-state index < -0.39 is 0 Å². The maximum absolute atomic E-state index is 13.7. The van der Waals surface area contributed by atoms with Crippen LogP contribution in [0.15, 0.2) is 48.5 Å². The van der Waals surface area contributed by atoms with Gasteiger partial charge in [0.1, 0.15) is 5.82 Å². The topological polar surface area (TPSA) is 58.2 Å². The first-order valence-electron chi connectivity index (χ1n) is 10.4. The van der Waals surface area contributed by atoms with Crippen molar-refractivity contribution >= 4 is 17.5 Å². The lowest BCUT2D eigenvalue weighted by Crippen LogP contribution is -2.35. The summed E-state index contributed by atoms with van der Waals surface area (Å²) in [6.45, 7) is 4.41. The summed E-state index contributed by atoms with van der Waals surface area (Å²) < 4.78 is 13.7. The molecule has 0 saturated heterocycles.